The molecule has 3 aromatic heterocycles. The highest BCUT2D eigenvalue weighted by molar-refractivity contribution is 6.05. The molecule has 12 heteroatoms. The number of hydrogen-bond donors (Lipinski definition) is 4. The average Bonchev–Trinajstić information content (AvgIpc) is 3.16. The molecule has 1 saturated heterocycles. The molecule has 4 rings (SSSR count). The van der Waals surface area contributed by atoms with E-state index >= 15 is 0 Å². The van der Waals surface area contributed by atoms with Gasteiger partial charge in [-0.3, -0.25) is 4.98 Å². The van der Waals surface area contributed by atoms with Gasteiger partial charge in [-0.05, 0) is 37.0 Å². The van der Waals surface area contributed by atoms with E-state index in [-0.39, 0.29) is 11.8 Å². The van der Waals surface area contributed by atoms with Gasteiger partial charge in [0.05, 0.1) is 30.9 Å². The molecule has 1 aliphatic heterocycles. The third kappa shape index (κ3) is 4.70. The standard InChI is InChI=1S/C24H35N9O3/c1-31(27)20(22(25)34-3)15-11-18-19(29-12-15)16-5-6-17(21(32(2)28)23(26)35-4)30-24(16)33(18)13-14-7-9-36-10-8-14/h5-6,11-12,14H,7-10,13,25-28H2,1-4H3/b22-20+,23-21+. The molecule has 0 atom stereocenters. The summed E-state index contributed by atoms with van der Waals surface area (Å²) >= 11 is 0. The molecule has 3 aromatic rings. The summed E-state index contributed by atoms with van der Waals surface area (Å²) in [6.45, 7) is 2.24. The van der Waals surface area contributed by atoms with Crippen molar-refractivity contribution in [3.05, 3.63) is 47.4 Å². The molecular weight excluding hydrogens is 462 g/mol. The summed E-state index contributed by atoms with van der Waals surface area (Å²) in [4.78, 5) is 9.78. The van der Waals surface area contributed by atoms with E-state index in [1.807, 2.05) is 18.2 Å². The van der Waals surface area contributed by atoms with Crippen LogP contribution in [-0.4, -0.2) is 66.1 Å². The Kier molecular flexibility index (Phi) is 7.38. The lowest BCUT2D eigenvalue weighted by atomic mass is 10.0. The van der Waals surface area contributed by atoms with Crippen molar-refractivity contribution in [2.75, 3.05) is 41.5 Å². The van der Waals surface area contributed by atoms with E-state index in [2.05, 4.69) is 4.57 Å². The van der Waals surface area contributed by atoms with E-state index in [9.17, 15) is 0 Å². The maximum Gasteiger partial charge on any atom is 0.211 e. The number of pyridine rings is 2. The summed E-state index contributed by atoms with van der Waals surface area (Å²) in [5.74, 6) is 13.0. The van der Waals surface area contributed by atoms with Crippen LogP contribution in [0.4, 0.5) is 0 Å². The number of ether oxygens (including phenoxy) is 3. The quantitative estimate of drug-likeness (QED) is 0.200. The molecule has 8 N–H and O–H groups in total. The predicted octanol–water partition coefficient (Wildman–Crippen LogP) is 1.08. The maximum absolute atomic E-state index is 6.11. The fraction of sp³-hybridized carbons (Fsp3) is 0.417. The van der Waals surface area contributed by atoms with Gasteiger partial charge in [0.1, 0.15) is 17.0 Å². The van der Waals surface area contributed by atoms with Crippen LogP contribution in [0.25, 0.3) is 33.5 Å². The predicted molar refractivity (Wildman–Crippen MR) is 139 cm³/mol. The highest BCUT2D eigenvalue weighted by Crippen LogP contribution is 2.32. The molecule has 0 radical (unpaired) electrons. The van der Waals surface area contributed by atoms with Crippen LogP contribution < -0.4 is 23.2 Å². The van der Waals surface area contributed by atoms with E-state index in [1.54, 1.807) is 20.3 Å². The first-order chi connectivity index (χ1) is 17.3. The highest BCUT2D eigenvalue weighted by atomic mass is 16.5. The highest BCUT2D eigenvalue weighted by Gasteiger charge is 2.23. The molecule has 0 saturated carbocycles. The number of nitrogens with zero attached hydrogens (tertiary/aromatic N) is 5. The van der Waals surface area contributed by atoms with Gasteiger partial charge < -0.3 is 40.3 Å². The molecule has 0 aliphatic carbocycles. The van der Waals surface area contributed by atoms with Gasteiger partial charge in [0.25, 0.3) is 0 Å². The van der Waals surface area contributed by atoms with Crippen molar-refractivity contribution in [3.8, 4) is 0 Å². The fourth-order valence-corrected chi connectivity index (χ4v) is 4.65. The van der Waals surface area contributed by atoms with Crippen molar-refractivity contribution in [1.82, 2.24) is 24.6 Å². The Balaban J connectivity index is 1.98. The lowest BCUT2D eigenvalue weighted by Gasteiger charge is -2.23. The van der Waals surface area contributed by atoms with Crippen LogP contribution in [0.5, 0.6) is 0 Å². The zero-order chi connectivity index (χ0) is 26.0. The summed E-state index contributed by atoms with van der Waals surface area (Å²) in [7, 11) is 6.39. The van der Waals surface area contributed by atoms with Gasteiger partial charge in [0, 0.05) is 51.0 Å². The molecule has 0 aromatic carbocycles. The van der Waals surface area contributed by atoms with Gasteiger partial charge in [-0.15, -0.1) is 0 Å². The zero-order valence-corrected chi connectivity index (χ0v) is 21.2. The first kappa shape index (κ1) is 25.4. The number of rotatable bonds is 8. The Morgan fingerprint density at radius 2 is 1.69 bits per heavy atom. The van der Waals surface area contributed by atoms with E-state index in [4.69, 9.17) is 47.3 Å². The Hall–Kier alpha value is -3.74. The Labute approximate surface area is 210 Å². The second-order valence-corrected chi connectivity index (χ2v) is 8.88. The molecule has 0 bridgehead atoms. The second kappa shape index (κ2) is 10.5. The number of methoxy groups -OCH3 is 2. The number of fused-ring (bicyclic) bond motifs is 3. The summed E-state index contributed by atoms with van der Waals surface area (Å²) in [5.41, 5.74) is 17.0. The smallest absolute Gasteiger partial charge is 0.211 e. The van der Waals surface area contributed by atoms with Gasteiger partial charge in [0.15, 0.2) is 0 Å². The van der Waals surface area contributed by atoms with E-state index in [0.29, 0.717) is 23.0 Å². The first-order valence-corrected chi connectivity index (χ1v) is 11.7. The Bertz CT molecular complexity index is 1220. The number of nitrogens with two attached hydrogens (primary N) is 4. The third-order valence-electron chi connectivity index (χ3n) is 6.45. The monoisotopic (exact) mass is 497 g/mol. The molecule has 1 aliphatic rings. The third-order valence-corrected chi connectivity index (χ3v) is 6.45. The molecule has 0 unspecified atom stereocenters. The minimum absolute atomic E-state index is 0.176. The van der Waals surface area contributed by atoms with E-state index in [1.165, 1.54) is 24.2 Å². The SMILES string of the molecule is CO/C(N)=C(\c1cnc2c3ccc(/C(=C(/N)OC)N(C)N)nc3n(CC3CCOCC3)c2c1)N(C)N. The maximum atomic E-state index is 6.11. The fourth-order valence-electron chi connectivity index (χ4n) is 4.65. The molecule has 0 amide bonds. The van der Waals surface area contributed by atoms with Crippen LogP contribution in [0.3, 0.4) is 0 Å². The normalized spacial score (nSPS) is 16.1. The molecular formula is C24H35N9O3. The van der Waals surface area contributed by atoms with Gasteiger partial charge >= 0.3 is 0 Å². The van der Waals surface area contributed by atoms with Crippen LogP contribution in [0, 0.1) is 5.92 Å². The van der Waals surface area contributed by atoms with Crippen LogP contribution in [0.15, 0.2) is 36.2 Å². The Morgan fingerprint density at radius 3 is 2.31 bits per heavy atom. The average molecular weight is 498 g/mol. The lowest BCUT2D eigenvalue weighted by molar-refractivity contribution is 0.0619. The van der Waals surface area contributed by atoms with Crippen molar-refractivity contribution in [2.45, 2.75) is 19.4 Å². The minimum Gasteiger partial charge on any atom is -0.481 e. The lowest BCUT2D eigenvalue weighted by Crippen LogP contribution is -2.28. The summed E-state index contributed by atoms with van der Waals surface area (Å²) in [6.07, 6.45) is 3.67. The summed E-state index contributed by atoms with van der Waals surface area (Å²) in [5, 5.41) is 3.73. The van der Waals surface area contributed by atoms with Crippen LogP contribution in [-0.2, 0) is 20.8 Å². The topological polar surface area (TPSA) is 169 Å². The van der Waals surface area contributed by atoms with Gasteiger partial charge in [-0.2, -0.15) is 0 Å². The molecule has 4 heterocycles. The van der Waals surface area contributed by atoms with Crippen LogP contribution in [0.1, 0.15) is 24.1 Å². The molecule has 194 valence electrons. The summed E-state index contributed by atoms with van der Waals surface area (Å²) < 4.78 is 18.3. The molecule has 36 heavy (non-hydrogen) atoms. The molecule has 1 fully saturated rings. The Morgan fingerprint density at radius 1 is 1.06 bits per heavy atom. The van der Waals surface area contributed by atoms with Crippen molar-refractivity contribution < 1.29 is 14.2 Å². The summed E-state index contributed by atoms with van der Waals surface area (Å²) in [6, 6.07) is 5.86. The van der Waals surface area contributed by atoms with Gasteiger partial charge in [-0.1, -0.05) is 0 Å². The number of hydrogen-bond acceptors (Lipinski definition) is 11. The van der Waals surface area contributed by atoms with Gasteiger partial charge in [-0.25, -0.2) is 16.7 Å². The zero-order valence-electron chi connectivity index (χ0n) is 21.2. The van der Waals surface area contributed by atoms with Crippen molar-refractivity contribution in [3.63, 3.8) is 0 Å². The number of aromatic nitrogens is 3. The largest absolute Gasteiger partial charge is 0.481 e. The number of hydrazine groups is 2. The van der Waals surface area contributed by atoms with Crippen LogP contribution in [0.2, 0.25) is 0 Å². The first-order valence-electron chi connectivity index (χ1n) is 11.7. The van der Waals surface area contributed by atoms with Crippen molar-refractivity contribution >= 4 is 33.5 Å². The van der Waals surface area contributed by atoms with E-state index < -0.39 is 0 Å². The van der Waals surface area contributed by atoms with E-state index in [0.717, 1.165) is 60.2 Å². The van der Waals surface area contributed by atoms with Gasteiger partial charge in [0.2, 0.25) is 11.8 Å². The molecule has 0 spiro atoms. The van der Waals surface area contributed by atoms with Crippen molar-refractivity contribution in [1.29, 1.82) is 0 Å². The molecule has 12 nitrogen and oxygen atoms in total. The minimum atomic E-state index is 0.176. The van der Waals surface area contributed by atoms with Crippen LogP contribution >= 0.6 is 0 Å². The van der Waals surface area contributed by atoms with Crippen molar-refractivity contribution in [2.24, 2.45) is 29.1 Å². The second-order valence-electron chi connectivity index (χ2n) is 8.88.